The predicted molar refractivity (Wildman–Crippen MR) is 94.9 cm³/mol. The third-order valence-electron chi connectivity index (χ3n) is 6.87. The Labute approximate surface area is 154 Å². The SMILES string of the molecule is COc1ccc(S(=O)(=O)NCC2(OC)C3CC4CC(C3)CC2C4)cc1F. The van der Waals surface area contributed by atoms with Gasteiger partial charge in [0.2, 0.25) is 10.0 Å². The average Bonchev–Trinajstić information content (AvgIpc) is 2.61. The van der Waals surface area contributed by atoms with Crippen molar-refractivity contribution in [1.82, 2.24) is 4.72 Å². The topological polar surface area (TPSA) is 64.6 Å². The molecule has 5 rings (SSSR count). The van der Waals surface area contributed by atoms with E-state index in [1.807, 2.05) is 0 Å². The van der Waals surface area contributed by atoms with Crippen LogP contribution in [0.4, 0.5) is 4.39 Å². The summed E-state index contributed by atoms with van der Waals surface area (Å²) in [6.45, 7) is 0.244. The van der Waals surface area contributed by atoms with E-state index in [0.29, 0.717) is 11.8 Å². The number of sulfonamides is 1. The van der Waals surface area contributed by atoms with Crippen LogP contribution in [0.15, 0.2) is 23.1 Å². The summed E-state index contributed by atoms with van der Waals surface area (Å²) in [5.41, 5.74) is -0.439. The Hall–Kier alpha value is -1.18. The highest BCUT2D eigenvalue weighted by Gasteiger charge is 2.57. The first-order chi connectivity index (χ1) is 12.4. The van der Waals surface area contributed by atoms with Gasteiger partial charge in [-0.1, -0.05) is 0 Å². The van der Waals surface area contributed by atoms with Gasteiger partial charge >= 0.3 is 0 Å². The minimum absolute atomic E-state index is 0.0262. The number of rotatable bonds is 6. The Morgan fingerprint density at radius 2 is 1.73 bits per heavy atom. The normalized spacial score (nSPS) is 35.7. The Bertz CT molecular complexity index is 767. The molecule has 0 unspecified atom stereocenters. The van der Waals surface area contributed by atoms with Crippen LogP contribution in [-0.4, -0.2) is 34.8 Å². The van der Waals surface area contributed by atoms with E-state index in [4.69, 9.17) is 9.47 Å². The summed E-state index contributed by atoms with van der Waals surface area (Å²) in [5.74, 6) is 1.68. The maximum atomic E-state index is 13.9. The first kappa shape index (κ1) is 18.2. The molecule has 0 radical (unpaired) electrons. The standard InChI is InChI=1S/C19H26FNO4S/c1-24-18-4-3-16(10-17(18)20)26(22,23)21-11-19(25-2)14-6-12-5-13(8-14)9-15(19)7-12/h3-4,10,12-15,21H,5-9,11H2,1-2H3. The largest absolute Gasteiger partial charge is 0.494 e. The predicted octanol–water partition coefficient (Wildman–Crippen LogP) is 2.95. The molecular formula is C19H26FNO4S. The molecule has 144 valence electrons. The first-order valence-electron chi connectivity index (χ1n) is 9.26. The van der Waals surface area contributed by atoms with Crippen LogP contribution in [0.1, 0.15) is 32.1 Å². The summed E-state index contributed by atoms with van der Waals surface area (Å²) >= 11 is 0. The van der Waals surface area contributed by atoms with Gasteiger partial charge in [-0.05, 0) is 74.0 Å². The van der Waals surface area contributed by atoms with Crippen molar-refractivity contribution in [1.29, 1.82) is 0 Å². The number of benzene rings is 1. The molecule has 0 atom stereocenters. The molecule has 0 spiro atoms. The van der Waals surface area contributed by atoms with Crippen molar-refractivity contribution >= 4 is 10.0 Å². The molecular weight excluding hydrogens is 357 g/mol. The molecule has 1 aromatic rings. The van der Waals surface area contributed by atoms with Gasteiger partial charge in [-0.15, -0.1) is 0 Å². The fourth-order valence-electron chi connectivity index (χ4n) is 5.78. The summed E-state index contributed by atoms with van der Waals surface area (Å²) in [4.78, 5) is -0.0918. The van der Waals surface area contributed by atoms with Gasteiger partial charge < -0.3 is 9.47 Å². The van der Waals surface area contributed by atoms with E-state index in [2.05, 4.69) is 4.72 Å². The second-order valence-electron chi connectivity index (χ2n) is 8.08. The Balaban J connectivity index is 1.54. The average molecular weight is 383 g/mol. The molecule has 0 saturated heterocycles. The molecule has 1 aromatic carbocycles. The Kier molecular flexibility index (Phi) is 4.52. The van der Waals surface area contributed by atoms with Crippen LogP contribution in [0.5, 0.6) is 5.75 Å². The van der Waals surface area contributed by atoms with Crippen molar-refractivity contribution in [3.05, 3.63) is 24.0 Å². The molecule has 26 heavy (non-hydrogen) atoms. The monoisotopic (exact) mass is 383 g/mol. The highest BCUT2D eigenvalue weighted by Crippen LogP contribution is 2.59. The molecule has 4 aliphatic rings. The van der Waals surface area contributed by atoms with Crippen molar-refractivity contribution < 1.29 is 22.3 Å². The fraction of sp³-hybridized carbons (Fsp3) is 0.684. The van der Waals surface area contributed by atoms with E-state index in [1.54, 1.807) is 7.11 Å². The summed E-state index contributed by atoms with van der Waals surface area (Å²) in [6, 6.07) is 3.69. The number of methoxy groups -OCH3 is 2. The molecule has 5 nitrogen and oxygen atoms in total. The zero-order valence-corrected chi connectivity index (χ0v) is 16.0. The summed E-state index contributed by atoms with van der Waals surface area (Å²) in [6.07, 6.45) is 5.82. The van der Waals surface area contributed by atoms with Crippen molar-refractivity contribution in [2.45, 2.75) is 42.6 Å². The van der Waals surface area contributed by atoms with E-state index in [9.17, 15) is 12.8 Å². The number of hydrogen-bond acceptors (Lipinski definition) is 4. The van der Waals surface area contributed by atoms with Gasteiger partial charge in [0, 0.05) is 13.7 Å². The molecule has 1 N–H and O–H groups in total. The Morgan fingerprint density at radius 3 is 2.23 bits per heavy atom. The molecule has 4 fully saturated rings. The minimum atomic E-state index is -3.81. The van der Waals surface area contributed by atoms with Crippen molar-refractivity contribution in [3.63, 3.8) is 0 Å². The fourth-order valence-corrected chi connectivity index (χ4v) is 6.87. The van der Waals surface area contributed by atoms with Gasteiger partial charge in [0.05, 0.1) is 17.6 Å². The second kappa shape index (κ2) is 6.46. The van der Waals surface area contributed by atoms with Gasteiger partial charge in [0.25, 0.3) is 0 Å². The smallest absolute Gasteiger partial charge is 0.240 e. The van der Waals surface area contributed by atoms with Gasteiger partial charge in [-0.3, -0.25) is 0 Å². The Morgan fingerprint density at radius 1 is 1.12 bits per heavy atom. The summed E-state index contributed by atoms with van der Waals surface area (Å²) < 4.78 is 52.9. The van der Waals surface area contributed by atoms with E-state index >= 15 is 0 Å². The van der Waals surface area contributed by atoms with Crippen LogP contribution < -0.4 is 9.46 Å². The van der Waals surface area contributed by atoms with Crippen LogP contribution >= 0.6 is 0 Å². The van der Waals surface area contributed by atoms with E-state index < -0.39 is 21.4 Å². The van der Waals surface area contributed by atoms with Crippen molar-refractivity contribution in [2.75, 3.05) is 20.8 Å². The van der Waals surface area contributed by atoms with Gasteiger partial charge in [0.1, 0.15) is 0 Å². The van der Waals surface area contributed by atoms with E-state index in [-0.39, 0.29) is 17.2 Å². The van der Waals surface area contributed by atoms with Crippen LogP contribution in [0, 0.1) is 29.5 Å². The first-order valence-corrected chi connectivity index (χ1v) is 10.7. The van der Waals surface area contributed by atoms with E-state index in [0.717, 1.165) is 43.6 Å². The van der Waals surface area contributed by atoms with Crippen molar-refractivity contribution in [3.8, 4) is 5.75 Å². The third-order valence-corrected chi connectivity index (χ3v) is 8.27. The molecule has 4 bridgehead atoms. The van der Waals surface area contributed by atoms with Gasteiger partial charge in [-0.2, -0.15) is 0 Å². The highest BCUT2D eigenvalue weighted by atomic mass is 32.2. The second-order valence-corrected chi connectivity index (χ2v) is 9.85. The summed E-state index contributed by atoms with van der Waals surface area (Å²) in [5, 5.41) is 0. The quantitative estimate of drug-likeness (QED) is 0.820. The summed E-state index contributed by atoms with van der Waals surface area (Å²) in [7, 11) is -0.769. The zero-order valence-electron chi connectivity index (χ0n) is 15.2. The van der Waals surface area contributed by atoms with Crippen LogP contribution in [0.25, 0.3) is 0 Å². The van der Waals surface area contributed by atoms with Crippen LogP contribution in [-0.2, 0) is 14.8 Å². The van der Waals surface area contributed by atoms with Crippen LogP contribution in [0.2, 0.25) is 0 Å². The molecule has 0 amide bonds. The molecule has 0 heterocycles. The van der Waals surface area contributed by atoms with Gasteiger partial charge in [0.15, 0.2) is 11.6 Å². The minimum Gasteiger partial charge on any atom is -0.494 e. The lowest BCUT2D eigenvalue weighted by molar-refractivity contribution is -0.185. The molecule has 4 aliphatic carbocycles. The van der Waals surface area contributed by atoms with E-state index in [1.165, 1.54) is 25.7 Å². The maximum Gasteiger partial charge on any atom is 0.240 e. The number of nitrogens with one attached hydrogen (secondary N) is 1. The molecule has 0 aliphatic heterocycles. The lowest BCUT2D eigenvalue weighted by atomic mass is 9.50. The number of ether oxygens (including phenoxy) is 2. The third kappa shape index (κ3) is 2.84. The zero-order chi connectivity index (χ0) is 18.5. The lowest BCUT2D eigenvalue weighted by Crippen LogP contribution is -2.63. The van der Waals surface area contributed by atoms with Crippen molar-refractivity contribution in [2.24, 2.45) is 23.7 Å². The highest BCUT2D eigenvalue weighted by molar-refractivity contribution is 7.89. The maximum absolute atomic E-state index is 13.9. The molecule has 4 saturated carbocycles. The van der Waals surface area contributed by atoms with Crippen LogP contribution in [0.3, 0.4) is 0 Å². The molecule has 0 aromatic heterocycles. The number of hydrogen-bond donors (Lipinski definition) is 1. The lowest BCUT2D eigenvalue weighted by Gasteiger charge is -2.60. The number of halogens is 1. The van der Waals surface area contributed by atoms with Gasteiger partial charge in [-0.25, -0.2) is 17.5 Å². The molecule has 7 heteroatoms.